The maximum atomic E-state index is 13.5. The molecule has 0 bridgehead atoms. The fraction of sp³-hybridized carbons (Fsp3) is 0.500. The van der Waals surface area contributed by atoms with Crippen LogP contribution in [0.1, 0.15) is 37.7 Å². The average Bonchev–Trinajstić information content (AvgIpc) is 2.45. The lowest BCUT2D eigenvalue weighted by Crippen LogP contribution is -2.15. The van der Waals surface area contributed by atoms with E-state index in [1.165, 1.54) is 38.9 Å². The van der Waals surface area contributed by atoms with Gasteiger partial charge in [-0.1, -0.05) is 17.7 Å². The third kappa shape index (κ3) is 4.35. The van der Waals surface area contributed by atoms with E-state index in [9.17, 15) is 4.39 Å². The van der Waals surface area contributed by atoms with Crippen molar-refractivity contribution >= 4 is 0 Å². The summed E-state index contributed by atoms with van der Waals surface area (Å²) in [5.74, 6) is 0.00731. The number of hydrogen-bond acceptors (Lipinski definition) is 2. The minimum atomic E-state index is -0.295. The Balaban J connectivity index is 1.73. The van der Waals surface area contributed by atoms with E-state index in [2.05, 4.69) is 11.4 Å². The molecule has 104 valence electrons. The van der Waals surface area contributed by atoms with Crippen molar-refractivity contribution in [1.82, 2.24) is 5.32 Å². The van der Waals surface area contributed by atoms with Gasteiger partial charge < -0.3 is 10.1 Å². The molecule has 2 nitrogen and oxygen atoms in total. The molecule has 0 heterocycles. The standard InChI is InChI=1S/C16H22FNO/c1-19-16-8-7-14(11-15(16)17)12-18-10-9-13-5-3-2-4-6-13/h5,7-8,11,18H,2-4,6,9-10,12H2,1H3. The molecule has 1 N–H and O–H groups in total. The van der Waals surface area contributed by atoms with Crippen LogP contribution in [-0.4, -0.2) is 13.7 Å². The van der Waals surface area contributed by atoms with Gasteiger partial charge in [0.1, 0.15) is 0 Å². The Labute approximate surface area is 114 Å². The SMILES string of the molecule is COc1ccc(CNCCC2=CCCCC2)cc1F. The van der Waals surface area contributed by atoms with Crippen LogP contribution in [0.2, 0.25) is 0 Å². The van der Waals surface area contributed by atoms with Gasteiger partial charge in [-0.3, -0.25) is 0 Å². The summed E-state index contributed by atoms with van der Waals surface area (Å²) in [6, 6.07) is 5.11. The van der Waals surface area contributed by atoms with E-state index in [-0.39, 0.29) is 5.82 Å². The molecule has 1 aromatic carbocycles. The van der Waals surface area contributed by atoms with Crippen molar-refractivity contribution in [2.75, 3.05) is 13.7 Å². The van der Waals surface area contributed by atoms with Crippen LogP contribution in [-0.2, 0) is 6.54 Å². The Kier molecular flexibility index (Phi) is 5.40. The number of hydrogen-bond donors (Lipinski definition) is 1. The van der Waals surface area contributed by atoms with E-state index in [4.69, 9.17) is 4.74 Å². The average molecular weight is 263 g/mol. The monoisotopic (exact) mass is 263 g/mol. The lowest BCUT2D eigenvalue weighted by Gasteiger charge is -2.13. The van der Waals surface area contributed by atoms with Gasteiger partial charge in [0.25, 0.3) is 0 Å². The summed E-state index contributed by atoms with van der Waals surface area (Å²) in [5, 5.41) is 3.37. The molecule has 2 rings (SSSR count). The van der Waals surface area contributed by atoms with Gasteiger partial charge in [0, 0.05) is 6.54 Å². The van der Waals surface area contributed by atoms with Gasteiger partial charge in [-0.05, 0) is 56.3 Å². The molecule has 0 atom stereocenters. The number of benzene rings is 1. The molecular formula is C16H22FNO. The van der Waals surface area contributed by atoms with E-state index in [0.29, 0.717) is 12.3 Å². The largest absolute Gasteiger partial charge is 0.494 e. The first-order chi connectivity index (χ1) is 9.29. The van der Waals surface area contributed by atoms with Crippen molar-refractivity contribution in [3.05, 3.63) is 41.2 Å². The normalized spacial score (nSPS) is 15.2. The van der Waals surface area contributed by atoms with Crippen LogP contribution in [0.4, 0.5) is 4.39 Å². The summed E-state index contributed by atoms with van der Waals surface area (Å²) in [7, 11) is 1.48. The molecule has 3 heteroatoms. The van der Waals surface area contributed by atoms with Gasteiger partial charge in [0.05, 0.1) is 7.11 Å². The Morgan fingerprint density at radius 3 is 2.89 bits per heavy atom. The quantitative estimate of drug-likeness (QED) is 0.622. The van der Waals surface area contributed by atoms with Gasteiger partial charge in [0.2, 0.25) is 0 Å². The van der Waals surface area contributed by atoms with Crippen LogP contribution in [0.25, 0.3) is 0 Å². The third-order valence-electron chi connectivity index (χ3n) is 3.55. The van der Waals surface area contributed by atoms with Crippen molar-refractivity contribution in [3.8, 4) is 5.75 Å². The second-order valence-corrected chi connectivity index (χ2v) is 5.00. The molecular weight excluding hydrogens is 241 g/mol. The fourth-order valence-corrected chi connectivity index (χ4v) is 2.43. The van der Waals surface area contributed by atoms with E-state index >= 15 is 0 Å². The van der Waals surface area contributed by atoms with Crippen LogP contribution < -0.4 is 10.1 Å². The van der Waals surface area contributed by atoms with Crippen LogP contribution in [0.3, 0.4) is 0 Å². The Morgan fingerprint density at radius 2 is 2.21 bits per heavy atom. The van der Waals surface area contributed by atoms with Gasteiger partial charge in [0.15, 0.2) is 11.6 Å². The second-order valence-electron chi connectivity index (χ2n) is 5.00. The smallest absolute Gasteiger partial charge is 0.165 e. The molecule has 0 amide bonds. The zero-order valence-electron chi connectivity index (χ0n) is 11.5. The van der Waals surface area contributed by atoms with Gasteiger partial charge in [-0.25, -0.2) is 4.39 Å². The van der Waals surface area contributed by atoms with Crippen molar-refractivity contribution in [3.63, 3.8) is 0 Å². The molecule has 0 fully saturated rings. The molecule has 0 saturated carbocycles. The number of ether oxygens (including phenoxy) is 1. The number of methoxy groups -OCH3 is 1. The molecule has 0 radical (unpaired) electrons. The summed E-state index contributed by atoms with van der Waals surface area (Å²) in [4.78, 5) is 0. The van der Waals surface area contributed by atoms with E-state index in [1.54, 1.807) is 11.6 Å². The van der Waals surface area contributed by atoms with Crippen LogP contribution in [0, 0.1) is 5.82 Å². The summed E-state index contributed by atoms with van der Waals surface area (Å²) in [6.45, 7) is 1.66. The lowest BCUT2D eigenvalue weighted by atomic mass is 9.97. The van der Waals surface area contributed by atoms with E-state index < -0.39 is 0 Å². The Bertz CT molecular complexity index is 442. The first-order valence-corrected chi connectivity index (χ1v) is 7.00. The number of rotatable bonds is 6. The van der Waals surface area contributed by atoms with Crippen LogP contribution in [0.5, 0.6) is 5.75 Å². The highest BCUT2D eigenvalue weighted by Gasteiger charge is 2.04. The van der Waals surface area contributed by atoms with Crippen molar-refractivity contribution in [2.45, 2.75) is 38.6 Å². The van der Waals surface area contributed by atoms with Gasteiger partial charge in [-0.15, -0.1) is 0 Å². The highest BCUT2D eigenvalue weighted by Crippen LogP contribution is 2.20. The van der Waals surface area contributed by atoms with Crippen molar-refractivity contribution < 1.29 is 9.13 Å². The molecule has 0 unspecified atom stereocenters. The second kappa shape index (κ2) is 7.29. The minimum absolute atomic E-state index is 0.295. The highest BCUT2D eigenvalue weighted by atomic mass is 19.1. The molecule has 1 aliphatic rings. The lowest BCUT2D eigenvalue weighted by molar-refractivity contribution is 0.386. The fourth-order valence-electron chi connectivity index (χ4n) is 2.43. The summed E-state index contributed by atoms with van der Waals surface area (Å²) in [6.07, 6.45) is 8.63. The first-order valence-electron chi connectivity index (χ1n) is 7.00. The maximum absolute atomic E-state index is 13.5. The number of nitrogens with one attached hydrogen (secondary N) is 1. The van der Waals surface area contributed by atoms with E-state index in [0.717, 1.165) is 18.5 Å². The highest BCUT2D eigenvalue weighted by molar-refractivity contribution is 5.29. The number of allylic oxidation sites excluding steroid dienone is 1. The maximum Gasteiger partial charge on any atom is 0.165 e. The molecule has 0 spiro atoms. The molecule has 0 saturated heterocycles. The molecule has 1 aliphatic carbocycles. The first kappa shape index (κ1) is 14.1. The topological polar surface area (TPSA) is 21.3 Å². The number of halogens is 1. The van der Waals surface area contributed by atoms with Crippen molar-refractivity contribution in [2.24, 2.45) is 0 Å². The van der Waals surface area contributed by atoms with Crippen LogP contribution >= 0.6 is 0 Å². The molecule has 19 heavy (non-hydrogen) atoms. The molecule has 0 aromatic heterocycles. The predicted octanol–water partition coefficient (Wildman–Crippen LogP) is 3.81. The van der Waals surface area contributed by atoms with Crippen molar-refractivity contribution in [1.29, 1.82) is 0 Å². The van der Waals surface area contributed by atoms with E-state index in [1.807, 2.05) is 6.07 Å². The molecule has 1 aromatic rings. The Morgan fingerprint density at radius 1 is 1.32 bits per heavy atom. The van der Waals surface area contributed by atoms with Gasteiger partial charge in [-0.2, -0.15) is 0 Å². The van der Waals surface area contributed by atoms with Crippen LogP contribution in [0.15, 0.2) is 29.8 Å². The minimum Gasteiger partial charge on any atom is -0.494 e. The Hall–Kier alpha value is -1.35. The summed E-state index contributed by atoms with van der Waals surface area (Å²) in [5.41, 5.74) is 2.52. The zero-order valence-corrected chi connectivity index (χ0v) is 11.5. The predicted molar refractivity (Wildman–Crippen MR) is 75.8 cm³/mol. The van der Waals surface area contributed by atoms with Gasteiger partial charge >= 0.3 is 0 Å². The summed E-state index contributed by atoms with van der Waals surface area (Å²) < 4.78 is 18.4. The third-order valence-corrected chi connectivity index (χ3v) is 3.55. The summed E-state index contributed by atoms with van der Waals surface area (Å²) >= 11 is 0. The molecule has 0 aliphatic heterocycles. The zero-order chi connectivity index (χ0) is 13.5.